The minimum atomic E-state index is -0.285. The minimum Gasteiger partial charge on any atom is -0.392 e. The molecule has 4 unspecified atom stereocenters. The first-order valence-corrected chi connectivity index (χ1v) is 9.94. The molecule has 0 radical (unpaired) electrons. The van der Waals surface area contributed by atoms with Gasteiger partial charge in [-0.2, -0.15) is 0 Å². The van der Waals surface area contributed by atoms with E-state index in [0.29, 0.717) is 29.6 Å². The first-order chi connectivity index (χ1) is 10.6. The minimum absolute atomic E-state index is 0.138. The van der Waals surface area contributed by atoms with Crippen LogP contribution in [-0.2, 0) is 0 Å². The average Bonchev–Trinajstić information content (AvgIpc) is 2.75. The van der Waals surface area contributed by atoms with Crippen LogP contribution in [-0.4, -0.2) is 22.4 Å². The summed E-state index contributed by atoms with van der Waals surface area (Å²) in [7, 11) is 0. The Kier molecular flexibility index (Phi) is 6.76. The fourth-order valence-corrected chi connectivity index (χ4v) is 5.85. The number of hydrogen-bond acceptors (Lipinski definition) is 2. The highest BCUT2D eigenvalue weighted by Crippen LogP contribution is 2.50. The summed E-state index contributed by atoms with van der Waals surface area (Å²) in [6.07, 6.45) is 8.81. The molecule has 0 saturated heterocycles. The van der Waals surface area contributed by atoms with Crippen molar-refractivity contribution in [2.45, 2.75) is 91.3 Å². The van der Waals surface area contributed by atoms with Gasteiger partial charge < -0.3 is 10.2 Å². The van der Waals surface area contributed by atoms with Crippen LogP contribution < -0.4 is 0 Å². The molecule has 2 saturated carbocycles. The molecular weight excluding hydrogens is 272 g/mol. The number of hydrogen-bond donors (Lipinski definition) is 2. The van der Waals surface area contributed by atoms with E-state index in [-0.39, 0.29) is 18.1 Å². The van der Waals surface area contributed by atoms with Crippen LogP contribution in [0.15, 0.2) is 0 Å². The first-order valence-electron chi connectivity index (χ1n) is 9.94. The molecule has 6 atom stereocenters. The van der Waals surface area contributed by atoms with E-state index < -0.39 is 0 Å². The van der Waals surface area contributed by atoms with Crippen molar-refractivity contribution in [2.75, 3.05) is 0 Å². The molecule has 2 aliphatic rings. The zero-order valence-corrected chi connectivity index (χ0v) is 15.2. The Morgan fingerprint density at radius 3 is 1.82 bits per heavy atom. The van der Waals surface area contributed by atoms with E-state index >= 15 is 0 Å². The first kappa shape index (κ1) is 18.3. The lowest BCUT2D eigenvalue weighted by molar-refractivity contribution is -0.0451. The normalized spacial score (nSPS) is 39.3. The fraction of sp³-hybridized carbons (Fsp3) is 1.00. The van der Waals surface area contributed by atoms with Crippen LogP contribution >= 0.6 is 0 Å². The molecule has 0 aromatic rings. The SMILES string of the molecule is CCC(CC)[C@H]1CCCC2C[C@@H](C(CC)CC)C(O)C2C1O. The maximum Gasteiger partial charge on any atom is 0.0626 e. The summed E-state index contributed by atoms with van der Waals surface area (Å²) in [5.74, 6) is 2.75. The monoisotopic (exact) mass is 310 g/mol. The Bertz CT molecular complexity index is 322. The van der Waals surface area contributed by atoms with Crippen LogP contribution in [0.1, 0.15) is 79.1 Å². The van der Waals surface area contributed by atoms with Crippen LogP contribution in [0.5, 0.6) is 0 Å². The Hall–Kier alpha value is -0.0800. The lowest BCUT2D eigenvalue weighted by Crippen LogP contribution is -2.40. The van der Waals surface area contributed by atoms with Crippen molar-refractivity contribution in [3.63, 3.8) is 0 Å². The van der Waals surface area contributed by atoms with Crippen molar-refractivity contribution in [3.8, 4) is 0 Å². The molecule has 130 valence electrons. The van der Waals surface area contributed by atoms with Gasteiger partial charge in [0.1, 0.15) is 0 Å². The smallest absolute Gasteiger partial charge is 0.0626 e. The largest absolute Gasteiger partial charge is 0.392 e. The van der Waals surface area contributed by atoms with Crippen LogP contribution in [0.4, 0.5) is 0 Å². The molecule has 2 rings (SSSR count). The van der Waals surface area contributed by atoms with E-state index in [9.17, 15) is 10.2 Å². The van der Waals surface area contributed by atoms with Gasteiger partial charge in [0.15, 0.2) is 0 Å². The lowest BCUT2D eigenvalue weighted by Gasteiger charge is -2.35. The number of rotatable bonds is 6. The highest BCUT2D eigenvalue weighted by molar-refractivity contribution is 5.00. The molecule has 22 heavy (non-hydrogen) atoms. The number of aliphatic hydroxyl groups is 2. The van der Waals surface area contributed by atoms with Gasteiger partial charge in [-0.3, -0.25) is 0 Å². The third kappa shape index (κ3) is 3.38. The van der Waals surface area contributed by atoms with Gasteiger partial charge in [-0.1, -0.05) is 59.8 Å². The summed E-state index contributed by atoms with van der Waals surface area (Å²) in [6.45, 7) is 9.00. The van der Waals surface area contributed by atoms with Gasteiger partial charge in [0.25, 0.3) is 0 Å². The van der Waals surface area contributed by atoms with E-state index in [2.05, 4.69) is 27.7 Å². The molecule has 2 N–H and O–H groups in total. The third-order valence-corrected chi connectivity index (χ3v) is 7.21. The highest BCUT2D eigenvalue weighted by atomic mass is 16.3. The summed E-state index contributed by atoms with van der Waals surface area (Å²) in [5, 5.41) is 22.1. The quantitative estimate of drug-likeness (QED) is 0.750. The highest BCUT2D eigenvalue weighted by Gasteiger charge is 2.50. The molecule has 0 aliphatic heterocycles. The third-order valence-electron chi connectivity index (χ3n) is 7.21. The van der Waals surface area contributed by atoms with Gasteiger partial charge in [-0.25, -0.2) is 0 Å². The van der Waals surface area contributed by atoms with E-state index in [4.69, 9.17) is 0 Å². The standard InChI is InChI=1S/C20H38O2/c1-5-13(6-2)16-11-9-10-15-12-17(14(7-3)8-4)20(22)18(15)19(16)21/h13-22H,5-12H2,1-4H3/t15?,16-,17+,18?,19?,20?/m1/s1. The maximum atomic E-state index is 11.1. The Balaban J connectivity index is 2.17. The van der Waals surface area contributed by atoms with Gasteiger partial charge in [0.2, 0.25) is 0 Å². The number of fused-ring (bicyclic) bond motifs is 1. The predicted octanol–water partition coefficient (Wildman–Crippen LogP) is 4.63. The Labute approximate surface area is 137 Å². The van der Waals surface area contributed by atoms with Crippen molar-refractivity contribution in [3.05, 3.63) is 0 Å². The van der Waals surface area contributed by atoms with E-state index in [1.54, 1.807) is 0 Å². The van der Waals surface area contributed by atoms with Gasteiger partial charge in [0.05, 0.1) is 12.2 Å². The van der Waals surface area contributed by atoms with Crippen LogP contribution in [0.3, 0.4) is 0 Å². The summed E-state index contributed by atoms with van der Waals surface area (Å²) in [4.78, 5) is 0. The molecule has 2 fully saturated rings. The molecule has 0 spiro atoms. The Morgan fingerprint density at radius 2 is 1.27 bits per heavy atom. The van der Waals surface area contributed by atoms with Crippen molar-refractivity contribution < 1.29 is 10.2 Å². The van der Waals surface area contributed by atoms with Gasteiger partial charge in [-0.05, 0) is 48.9 Å². The molecule has 0 aromatic heterocycles. The molecular formula is C20H38O2. The van der Waals surface area contributed by atoms with Gasteiger partial charge in [-0.15, -0.1) is 0 Å². The summed E-state index contributed by atoms with van der Waals surface area (Å²) < 4.78 is 0. The second kappa shape index (κ2) is 8.15. The average molecular weight is 311 g/mol. The van der Waals surface area contributed by atoms with Crippen molar-refractivity contribution >= 4 is 0 Å². The summed E-state index contributed by atoms with van der Waals surface area (Å²) in [6, 6.07) is 0. The van der Waals surface area contributed by atoms with Gasteiger partial charge in [0, 0.05) is 5.92 Å². The second-order valence-electron chi connectivity index (χ2n) is 7.97. The molecule has 2 nitrogen and oxygen atoms in total. The fourth-order valence-electron chi connectivity index (χ4n) is 5.85. The van der Waals surface area contributed by atoms with E-state index in [0.717, 1.165) is 38.5 Å². The summed E-state index contributed by atoms with van der Waals surface area (Å²) in [5.41, 5.74) is 0. The van der Waals surface area contributed by atoms with Crippen molar-refractivity contribution in [1.29, 1.82) is 0 Å². The maximum absolute atomic E-state index is 11.1. The van der Waals surface area contributed by atoms with Crippen LogP contribution in [0.2, 0.25) is 0 Å². The van der Waals surface area contributed by atoms with E-state index in [1.165, 1.54) is 12.8 Å². The molecule has 0 aromatic carbocycles. The van der Waals surface area contributed by atoms with Crippen LogP contribution in [0.25, 0.3) is 0 Å². The van der Waals surface area contributed by atoms with Crippen molar-refractivity contribution in [2.24, 2.45) is 35.5 Å². The predicted molar refractivity (Wildman–Crippen MR) is 92.6 cm³/mol. The van der Waals surface area contributed by atoms with Gasteiger partial charge >= 0.3 is 0 Å². The second-order valence-corrected chi connectivity index (χ2v) is 7.97. The molecule has 2 heteroatoms. The topological polar surface area (TPSA) is 40.5 Å². The van der Waals surface area contributed by atoms with Crippen molar-refractivity contribution in [1.82, 2.24) is 0 Å². The zero-order valence-electron chi connectivity index (χ0n) is 15.2. The lowest BCUT2D eigenvalue weighted by atomic mass is 9.75. The number of aliphatic hydroxyl groups excluding tert-OH is 2. The molecule has 0 amide bonds. The van der Waals surface area contributed by atoms with E-state index in [1.807, 2.05) is 0 Å². The Morgan fingerprint density at radius 1 is 0.773 bits per heavy atom. The molecule has 2 aliphatic carbocycles. The summed E-state index contributed by atoms with van der Waals surface area (Å²) >= 11 is 0. The molecule has 0 bridgehead atoms. The van der Waals surface area contributed by atoms with Crippen LogP contribution in [0, 0.1) is 35.5 Å². The zero-order chi connectivity index (χ0) is 16.3. The molecule has 0 heterocycles.